The van der Waals surface area contributed by atoms with Gasteiger partial charge in [-0.1, -0.05) is 0 Å². The third kappa shape index (κ3) is 3.02. The van der Waals surface area contributed by atoms with Crippen molar-refractivity contribution in [1.29, 1.82) is 0 Å². The van der Waals surface area contributed by atoms with Gasteiger partial charge in [0, 0.05) is 11.1 Å². The minimum Gasteiger partial charge on any atom is -0.507 e. The van der Waals surface area contributed by atoms with Gasteiger partial charge in [-0.25, -0.2) is 4.79 Å². The minimum atomic E-state index is -0.697. The fraction of sp³-hybridized carbons (Fsp3) is 0.125. The summed E-state index contributed by atoms with van der Waals surface area (Å²) >= 11 is 0. The van der Waals surface area contributed by atoms with Crippen molar-refractivity contribution in [1.82, 2.24) is 0 Å². The maximum absolute atomic E-state index is 12.3. The fourth-order valence-electron chi connectivity index (χ4n) is 1.86. The Morgan fingerprint density at radius 1 is 0.952 bits per heavy atom. The molecule has 0 aliphatic rings. The molecule has 0 aromatic heterocycles. The Bertz CT molecular complexity index is 674. The number of aromatic hydroxyl groups is 1. The van der Waals surface area contributed by atoms with E-state index in [1.165, 1.54) is 25.3 Å². The topological polar surface area (TPSA) is 72.8 Å². The summed E-state index contributed by atoms with van der Waals surface area (Å²) in [4.78, 5) is 23.9. The molecule has 0 amide bonds. The molecule has 5 heteroatoms. The number of phenols is 1. The zero-order valence-electron chi connectivity index (χ0n) is 11.6. The van der Waals surface area contributed by atoms with Gasteiger partial charge in [-0.3, -0.25) is 4.79 Å². The second kappa shape index (κ2) is 6.09. The van der Waals surface area contributed by atoms with Gasteiger partial charge in [-0.15, -0.1) is 0 Å². The number of esters is 1. The number of phenolic OH excluding ortho intramolecular Hbond substituents is 1. The van der Waals surface area contributed by atoms with Crippen LogP contribution in [0.5, 0.6) is 11.5 Å². The lowest BCUT2D eigenvalue weighted by molar-refractivity contribution is 0.0597. The van der Waals surface area contributed by atoms with Gasteiger partial charge in [-0.2, -0.15) is 0 Å². The average molecular weight is 286 g/mol. The summed E-state index contributed by atoms with van der Waals surface area (Å²) < 4.78 is 9.59. The molecule has 5 nitrogen and oxygen atoms in total. The first-order valence-electron chi connectivity index (χ1n) is 6.17. The normalized spacial score (nSPS) is 10.0. The predicted octanol–water partition coefficient (Wildman–Crippen LogP) is 2.42. The van der Waals surface area contributed by atoms with Crippen LogP contribution in [0.1, 0.15) is 26.3 Å². The number of ether oxygens (including phenoxy) is 2. The lowest BCUT2D eigenvalue weighted by atomic mass is 10.0. The summed E-state index contributed by atoms with van der Waals surface area (Å²) in [5.41, 5.74) is 0.701. The van der Waals surface area contributed by atoms with E-state index < -0.39 is 5.97 Å². The summed E-state index contributed by atoms with van der Waals surface area (Å²) in [5, 5.41) is 9.63. The highest BCUT2D eigenvalue weighted by Gasteiger charge is 2.16. The lowest BCUT2D eigenvalue weighted by Crippen LogP contribution is -2.06. The summed E-state index contributed by atoms with van der Waals surface area (Å²) in [7, 11) is 2.75. The molecule has 0 fully saturated rings. The average Bonchev–Trinajstić information content (AvgIpc) is 2.54. The van der Waals surface area contributed by atoms with Crippen LogP contribution in [0.2, 0.25) is 0 Å². The van der Waals surface area contributed by atoms with Gasteiger partial charge in [0.2, 0.25) is 0 Å². The zero-order valence-corrected chi connectivity index (χ0v) is 11.6. The van der Waals surface area contributed by atoms with Gasteiger partial charge in [-0.05, 0) is 42.5 Å². The molecule has 0 unspecified atom stereocenters. The first-order valence-corrected chi connectivity index (χ1v) is 6.17. The Kier molecular flexibility index (Phi) is 4.23. The monoisotopic (exact) mass is 286 g/mol. The summed E-state index contributed by atoms with van der Waals surface area (Å²) in [5.74, 6) is -0.541. The molecule has 2 rings (SSSR count). The molecular weight excluding hydrogens is 272 g/mol. The van der Waals surface area contributed by atoms with Crippen LogP contribution in [0, 0.1) is 0 Å². The van der Waals surface area contributed by atoms with Crippen LogP contribution in [-0.4, -0.2) is 31.1 Å². The Hall–Kier alpha value is -2.82. The molecule has 21 heavy (non-hydrogen) atoms. The van der Waals surface area contributed by atoms with E-state index >= 15 is 0 Å². The van der Waals surface area contributed by atoms with E-state index in [0.29, 0.717) is 16.9 Å². The van der Waals surface area contributed by atoms with Gasteiger partial charge in [0.15, 0.2) is 5.78 Å². The van der Waals surface area contributed by atoms with Gasteiger partial charge >= 0.3 is 5.97 Å². The third-order valence-corrected chi connectivity index (χ3v) is 3.02. The summed E-state index contributed by atoms with van der Waals surface area (Å²) in [6, 6.07) is 10.7. The molecule has 0 heterocycles. The maximum atomic E-state index is 12.3. The standard InChI is InChI=1S/C16H14O5/c1-20-12-6-3-10(4-7-12)15(18)11-5-8-14(17)13(9-11)16(19)21-2/h3-9,17H,1-2H3. The van der Waals surface area contributed by atoms with Crippen molar-refractivity contribution >= 4 is 11.8 Å². The van der Waals surface area contributed by atoms with E-state index in [0.717, 1.165) is 0 Å². The molecule has 0 aliphatic carbocycles. The number of rotatable bonds is 4. The van der Waals surface area contributed by atoms with E-state index in [-0.39, 0.29) is 17.1 Å². The molecule has 2 aromatic rings. The number of methoxy groups -OCH3 is 2. The number of benzene rings is 2. The fourth-order valence-corrected chi connectivity index (χ4v) is 1.86. The van der Waals surface area contributed by atoms with Gasteiger partial charge in [0.25, 0.3) is 0 Å². The molecule has 0 atom stereocenters. The predicted molar refractivity (Wildman–Crippen MR) is 75.9 cm³/mol. The van der Waals surface area contributed by atoms with Crippen molar-refractivity contribution < 1.29 is 24.2 Å². The molecule has 0 bridgehead atoms. The van der Waals surface area contributed by atoms with Gasteiger partial charge in [0.1, 0.15) is 17.1 Å². The van der Waals surface area contributed by atoms with E-state index in [1.807, 2.05) is 0 Å². The quantitative estimate of drug-likeness (QED) is 0.690. The number of carbonyl (C=O) groups is 2. The van der Waals surface area contributed by atoms with Crippen LogP contribution in [0.3, 0.4) is 0 Å². The largest absolute Gasteiger partial charge is 0.507 e. The van der Waals surface area contributed by atoms with Crippen LogP contribution < -0.4 is 4.74 Å². The molecular formula is C16H14O5. The molecule has 0 radical (unpaired) electrons. The van der Waals surface area contributed by atoms with Crippen molar-refractivity contribution in [2.24, 2.45) is 0 Å². The van der Waals surface area contributed by atoms with Crippen molar-refractivity contribution in [3.8, 4) is 11.5 Å². The van der Waals surface area contributed by atoms with Gasteiger partial charge in [0.05, 0.1) is 14.2 Å². The highest BCUT2D eigenvalue weighted by molar-refractivity contribution is 6.10. The summed E-state index contributed by atoms with van der Waals surface area (Å²) in [6.45, 7) is 0. The van der Waals surface area contributed by atoms with Crippen LogP contribution in [-0.2, 0) is 4.74 Å². The Morgan fingerprint density at radius 3 is 2.14 bits per heavy atom. The second-order valence-corrected chi connectivity index (χ2v) is 4.28. The first kappa shape index (κ1) is 14.6. The molecule has 0 spiro atoms. The molecule has 108 valence electrons. The first-order chi connectivity index (χ1) is 10.1. The zero-order chi connectivity index (χ0) is 15.4. The van der Waals surface area contributed by atoms with E-state index in [1.54, 1.807) is 31.4 Å². The summed E-state index contributed by atoms with van der Waals surface area (Å²) in [6.07, 6.45) is 0. The number of carbonyl (C=O) groups excluding carboxylic acids is 2. The van der Waals surface area contributed by atoms with Crippen LogP contribution in [0.4, 0.5) is 0 Å². The van der Waals surface area contributed by atoms with Crippen LogP contribution in [0.25, 0.3) is 0 Å². The molecule has 1 N–H and O–H groups in total. The SMILES string of the molecule is COC(=O)c1cc(C(=O)c2ccc(OC)cc2)ccc1O. The third-order valence-electron chi connectivity index (χ3n) is 3.02. The Labute approximate surface area is 121 Å². The van der Waals surface area contributed by atoms with Crippen molar-refractivity contribution in [3.63, 3.8) is 0 Å². The van der Waals surface area contributed by atoms with Crippen LogP contribution in [0.15, 0.2) is 42.5 Å². The molecule has 0 saturated carbocycles. The Balaban J connectivity index is 2.36. The maximum Gasteiger partial charge on any atom is 0.341 e. The lowest BCUT2D eigenvalue weighted by Gasteiger charge is -2.06. The number of ketones is 1. The Morgan fingerprint density at radius 2 is 1.57 bits per heavy atom. The van der Waals surface area contributed by atoms with E-state index in [2.05, 4.69) is 4.74 Å². The van der Waals surface area contributed by atoms with E-state index in [9.17, 15) is 14.7 Å². The number of hydrogen-bond acceptors (Lipinski definition) is 5. The van der Waals surface area contributed by atoms with Crippen molar-refractivity contribution in [3.05, 3.63) is 59.2 Å². The molecule has 0 aliphatic heterocycles. The highest BCUT2D eigenvalue weighted by Crippen LogP contribution is 2.22. The number of hydrogen-bond donors (Lipinski definition) is 1. The minimum absolute atomic E-state index is 0.0446. The smallest absolute Gasteiger partial charge is 0.341 e. The van der Waals surface area contributed by atoms with Gasteiger partial charge < -0.3 is 14.6 Å². The molecule has 2 aromatic carbocycles. The highest BCUT2D eigenvalue weighted by atomic mass is 16.5. The molecule has 0 saturated heterocycles. The van der Waals surface area contributed by atoms with Crippen LogP contribution >= 0.6 is 0 Å². The van der Waals surface area contributed by atoms with E-state index in [4.69, 9.17) is 4.74 Å². The second-order valence-electron chi connectivity index (χ2n) is 4.28. The van der Waals surface area contributed by atoms with Crippen molar-refractivity contribution in [2.45, 2.75) is 0 Å². The van der Waals surface area contributed by atoms with Crippen molar-refractivity contribution in [2.75, 3.05) is 14.2 Å².